The lowest BCUT2D eigenvalue weighted by molar-refractivity contribution is -0.244. The van der Waals surface area contributed by atoms with E-state index in [-0.39, 0.29) is 29.4 Å². The van der Waals surface area contributed by atoms with Crippen LogP contribution in [0.5, 0.6) is 0 Å². The average Bonchev–Trinajstić information content (AvgIpc) is 3.17. The minimum absolute atomic E-state index is 0.00513. The third-order valence-electron chi connectivity index (χ3n) is 8.35. The minimum Gasteiger partial charge on any atom is -0.366 e. The summed E-state index contributed by atoms with van der Waals surface area (Å²) in [5, 5.41) is 3.30. The maximum Gasteiger partial charge on any atom is 0.411 e. The van der Waals surface area contributed by atoms with Crippen molar-refractivity contribution in [1.82, 2.24) is 10.2 Å². The third kappa shape index (κ3) is 2.95. The van der Waals surface area contributed by atoms with E-state index in [0.29, 0.717) is 25.3 Å². The molecule has 1 aromatic carbocycles. The summed E-state index contributed by atoms with van der Waals surface area (Å²) in [6, 6.07) is 8.51. The fourth-order valence-electron chi connectivity index (χ4n) is 7.71. The molecule has 1 heterocycles. The van der Waals surface area contributed by atoms with Gasteiger partial charge in [-0.25, -0.2) is 4.79 Å². The Morgan fingerprint density at radius 1 is 1.07 bits per heavy atom. The maximum absolute atomic E-state index is 13.1. The summed E-state index contributed by atoms with van der Waals surface area (Å²) < 4.78 is 44.0. The zero-order valence-electron chi connectivity index (χ0n) is 16.9. The Kier molecular flexibility index (Phi) is 3.89. The molecule has 1 saturated heterocycles. The Balaban J connectivity index is 1.21. The van der Waals surface area contributed by atoms with Gasteiger partial charge < -0.3 is 15.0 Å². The first-order chi connectivity index (χ1) is 14.2. The molecule has 5 aliphatic carbocycles. The van der Waals surface area contributed by atoms with Crippen molar-refractivity contribution in [2.24, 2.45) is 17.8 Å². The zero-order chi connectivity index (χ0) is 20.7. The van der Waals surface area contributed by atoms with Crippen LogP contribution >= 0.6 is 0 Å². The number of carbonyl (C=O) groups excluding carboxylic acids is 1. The van der Waals surface area contributed by atoms with E-state index in [4.69, 9.17) is 4.74 Å². The Morgan fingerprint density at radius 2 is 1.70 bits per heavy atom. The standard InChI is InChI=1S/C23H27F3N2O2/c24-23(25,26)13-30-22-7-14-5-17(10-22)19(18(6-14)11-22)28-12-21(27-20(28)29)8-15-3-1-2-4-16(15)9-21/h1-4,14,17-19H,5-13H2,(H,27,29). The second kappa shape index (κ2) is 6.15. The summed E-state index contributed by atoms with van der Waals surface area (Å²) in [6.45, 7) is -0.464. The van der Waals surface area contributed by atoms with Gasteiger partial charge in [0, 0.05) is 12.6 Å². The van der Waals surface area contributed by atoms with Crippen LogP contribution < -0.4 is 5.32 Å². The molecule has 30 heavy (non-hydrogen) atoms. The molecule has 0 aromatic heterocycles. The van der Waals surface area contributed by atoms with Crippen LogP contribution in [0.2, 0.25) is 0 Å². The summed E-state index contributed by atoms with van der Waals surface area (Å²) >= 11 is 0. The lowest BCUT2D eigenvalue weighted by Gasteiger charge is -2.61. The van der Waals surface area contributed by atoms with Gasteiger partial charge in [-0.2, -0.15) is 13.2 Å². The highest BCUT2D eigenvalue weighted by Gasteiger charge is 2.60. The van der Waals surface area contributed by atoms with Crippen LogP contribution in [0, 0.1) is 17.8 Å². The largest absolute Gasteiger partial charge is 0.411 e. The molecule has 1 spiro atoms. The van der Waals surface area contributed by atoms with Gasteiger partial charge in [0.2, 0.25) is 0 Å². The molecule has 2 unspecified atom stereocenters. The van der Waals surface area contributed by atoms with Crippen LogP contribution in [-0.2, 0) is 17.6 Å². The number of ether oxygens (including phenoxy) is 1. The van der Waals surface area contributed by atoms with Crippen molar-refractivity contribution in [3.05, 3.63) is 35.4 Å². The molecular formula is C23H27F3N2O2. The number of carbonyl (C=O) groups is 1. The SMILES string of the molecule is O=C1NC2(Cc3ccccc3C2)CN1C1C2CC3CC1CC(OCC(F)(F)F)(C3)C2. The number of hydrogen-bond acceptors (Lipinski definition) is 2. The van der Waals surface area contributed by atoms with Crippen LogP contribution in [-0.4, -0.2) is 47.4 Å². The van der Waals surface area contributed by atoms with Crippen molar-refractivity contribution in [1.29, 1.82) is 0 Å². The monoisotopic (exact) mass is 420 g/mol. The summed E-state index contributed by atoms with van der Waals surface area (Å²) in [5.41, 5.74) is 1.74. The van der Waals surface area contributed by atoms with Crippen LogP contribution in [0.15, 0.2) is 24.3 Å². The molecule has 1 aromatic rings. The Bertz CT molecular complexity index is 844. The van der Waals surface area contributed by atoms with Gasteiger partial charge in [0.05, 0.1) is 11.1 Å². The number of rotatable bonds is 3. The number of urea groups is 1. The topological polar surface area (TPSA) is 41.6 Å². The van der Waals surface area contributed by atoms with Crippen LogP contribution in [0.4, 0.5) is 18.0 Å². The van der Waals surface area contributed by atoms with Gasteiger partial charge in [0.1, 0.15) is 6.61 Å². The second-order valence-electron chi connectivity index (χ2n) is 10.5. The van der Waals surface area contributed by atoms with Gasteiger partial charge in [-0.05, 0) is 73.8 Å². The van der Waals surface area contributed by atoms with Crippen molar-refractivity contribution >= 4 is 6.03 Å². The number of halogens is 3. The molecule has 5 fully saturated rings. The van der Waals surface area contributed by atoms with Gasteiger partial charge in [0.15, 0.2) is 0 Å². The van der Waals surface area contributed by atoms with E-state index in [9.17, 15) is 18.0 Å². The van der Waals surface area contributed by atoms with Crippen molar-refractivity contribution in [3.8, 4) is 0 Å². The first-order valence-corrected chi connectivity index (χ1v) is 11.1. The van der Waals surface area contributed by atoms with Crippen molar-refractivity contribution in [2.45, 2.75) is 68.3 Å². The van der Waals surface area contributed by atoms with Gasteiger partial charge >= 0.3 is 12.2 Å². The molecule has 2 amide bonds. The quantitative estimate of drug-likeness (QED) is 0.801. The number of amides is 2. The fraction of sp³-hybridized carbons (Fsp3) is 0.696. The van der Waals surface area contributed by atoms with E-state index in [0.717, 1.165) is 32.1 Å². The fourth-order valence-corrected chi connectivity index (χ4v) is 7.71. The number of nitrogens with one attached hydrogen (secondary N) is 1. The summed E-state index contributed by atoms with van der Waals surface area (Å²) in [4.78, 5) is 15.1. The number of nitrogens with zero attached hydrogens (tertiary/aromatic N) is 1. The first-order valence-electron chi connectivity index (χ1n) is 11.1. The smallest absolute Gasteiger partial charge is 0.366 e. The van der Waals surface area contributed by atoms with Crippen molar-refractivity contribution in [2.75, 3.05) is 13.2 Å². The van der Waals surface area contributed by atoms with Crippen molar-refractivity contribution in [3.63, 3.8) is 0 Å². The Hall–Kier alpha value is -1.76. The summed E-state index contributed by atoms with van der Waals surface area (Å²) in [6.07, 6.45) is 1.49. The highest BCUT2D eigenvalue weighted by Crippen LogP contribution is 2.59. The van der Waals surface area contributed by atoms with Gasteiger partial charge in [-0.1, -0.05) is 24.3 Å². The number of fused-ring (bicyclic) bond motifs is 1. The zero-order valence-corrected chi connectivity index (χ0v) is 16.9. The van der Waals surface area contributed by atoms with E-state index in [1.807, 2.05) is 17.0 Å². The summed E-state index contributed by atoms with van der Waals surface area (Å²) in [7, 11) is 0. The van der Waals surface area contributed by atoms with Gasteiger partial charge in [-0.15, -0.1) is 0 Å². The first kappa shape index (κ1) is 19.0. The third-order valence-corrected chi connectivity index (χ3v) is 8.35. The Labute approximate surface area is 174 Å². The molecule has 0 radical (unpaired) electrons. The minimum atomic E-state index is -4.29. The summed E-state index contributed by atoms with van der Waals surface area (Å²) in [5.74, 6) is 0.922. The van der Waals surface area contributed by atoms with Gasteiger partial charge in [-0.3, -0.25) is 0 Å². The number of alkyl halides is 3. The van der Waals surface area contributed by atoms with Gasteiger partial charge in [0.25, 0.3) is 0 Å². The molecular weight excluding hydrogens is 393 g/mol. The number of hydrogen-bond donors (Lipinski definition) is 1. The lowest BCUT2D eigenvalue weighted by atomic mass is 9.52. The molecule has 4 bridgehead atoms. The predicted octanol–water partition coefficient (Wildman–Crippen LogP) is 4.08. The molecule has 4 saturated carbocycles. The molecule has 162 valence electrons. The molecule has 7 heteroatoms. The van der Waals surface area contributed by atoms with Crippen LogP contribution in [0.1, 0.15) is 43.2 Å². The molecule has 6 aliphatic rings. The van der Waals surface area contributed by atoms with E-state index < -0.39 is 18.4 Å². The van der Waals surface area contributed by atoms with E-state index in [2.05, 4.69) is 17.4 Å². The van der Waals surface area contributed by atoms with E-state index in [1.165, 1.54) is 11.1 Å². The maximum atomic E-state index is 13.1. The number of benzene rings is 1. The Morgan fingerprint density at radius 3 is 2.30 bits per heavy atom. The normalized spacial score (nSPS) is 38.4. The molecule has 1 N–H and O–H groups in total. The van der Waals surface area contributed by atoms with Crippen molar-refractivity contribution < 1.29 is 22.7 Å². The second-order valence-corrected chi connectivity index (χ2v) is 10.5. The molecule has 4 nitrogen and oxygen atoms in total. The lowest BCUT2D eigenvalue weighted by Crippen LogP contribution is -2.63. The van der Waals surface area contributed by atoms with Crippen LogP contribution in [0.25, 0.3) is 0 Å². The average molecular weight is 420 g/mol. The predicted molar refractivity (Wildman–Crippen MR) is 104 cm³/mol. The highest BCUT2D eigenvalue weighted by molar-refractivity contribution is 5.79. The molecule has 1 aliphatic heterocycles. The van der Waals surface area contributed by atoms with Crippen LogP contribution in [0.3, 0.4) is 0 Å². The molecule has 2 atom stereocenters. The highest BCUT2D eigenvalue weighted by atomic mass is 19.4. The van der Waals surface area contributed by atoms with E-state index >= 15 is 0 Å². The van der Waals surface area contributed by atoms with E-state index in [1.54, 1.807) is 0 Å². The molecule has 7 rings (SSSR count).